The molecule has 12 nitrogen and oxygen atoms in total. The molecular weight excluding hydrogens is 512 g/mol. The average molecular weight is 531 g/mol. The lowest BCUT2D eigenvalue weighted by Crippen LogP contribution is -2.20. The fourth-order valence-electron chi connectivity index (χ4n) is 2.86. The molecule has 3 rings (SSSR count). The maximum Gasteiger partial charge on any atom is 0.320 e. The van der Waals surface area contributed by atoms with Crippen LogP contribution in [-0.2, 0) is 11.3 Å². The molecule has 2 aromatic carbocycles. The van der Waals surface area contributed by atoms with Gasteiger partial charge < -0.3 is 15.2 Å². The third-order valence-corrected chi connectivity index (χ3v) is 4.82. The number of hydrogen-bond acceptors (Lipinski definition) is 8. The standard InChI is InChI=1S/C21H19BrN6O6/c1-33-17-6-5-13(8-18(17)34-12-19(23)29)9-24-25-21(30)20-16(28(31)32)11-27(26-20)10-14-3-2-4-15(22)7-14/h2-9,11H,10,12H2,1H3,(H2,23,29)(H,25,30). The number of nitro groups is 1. The second-order valence-corrected chi connectivity index (χ2v) is 7.73. The minimum Gasteiger partial charge on any atom is -0.493 e. The summed E-state index contributed by atoms with van der Waals surface area (Å²) in [7, 11) is 1.43. The molecule has 0 bridgehead atoms. The second-order valence-electron chi connectivity index (χ2n) is 6.81. The zero-order chi connectivity index (χ0) is 24.7. The number of halogens is 1. The van der Waals surface area contributed by atoms with Crippen molar-refractivity contribution in [3.8, 4) is 11.5 Å². The van der Waals surface area contributed by atoms with Crippen LogP contribution < -0.4 is 20.6 Å². The number of nitrogens with zero attached hydrogens (tertiary/aromatic N) is 4. The molecule has 2 amide bonds. The molecular formula is C21H19BrN6O6. The van der Waals surface area contributed by atoms with Crippen molar-refractivity contribution in [3.05, 3.63) is 80.1 Å². The number of hydrazone groups is 1. The van der Waals surface area contributed by atoms with E-state index in [2.05, 4.69) is 31.6 Å². The molecule has 0 aliphatic carbocycles. The predicted octanol–water partition coefficient (Wildman–Crippen LogP) is 2.24. The minimum absolute atomic E-state index is 0.233. The summed E-state index contributed by atoms with van der Waals surface area (Å²) in [6.45, 7) is -0.114. The van der Waals surface area contributed by atoms with E-state index in [0.29, 0.717) is 11.3 Å². The maximum atomic E-state index is 12.5. The van der Waals surface area contributed by atoms with E-state index in [-0.39, 0.29) is 24.6 Å². The van der Waals surface area contributed by atoms with Crippen LogP contribution in [0.5, 0.6) is 11.5 Å². The van der Waals surface area contributed by atoms with Crippen LogP contribution in [0, 0.1) is 10.1 Å². The minimum atomic E-state index is -0.852. The van der Waals surface area contributed by atoms with Gasteiger partial charge in [-0.1, -0.05) is 28.1 Å². The Labute approximate surface area is 201 Å². The number of nitrogens with one attached hydrogen (secondary N) is 1. The fraction of sp³-hybridized carbons (Fsp3) is 0.143. The van der Waals surface area contributed by atoms with Crippen LogP contribution in [0.1, 0.15) is 21.6 Å². The molecule has 13 heteroatoms. The Morgan fingerprint density at radius 2 is 2.09 bits per heavy atom. The zero-order valence-corrected chi connectivity index (χ0v) is 19.4. The molecule has 1 aromatic heterocycles. The lowest BCUT2D eigenvalue weighted by molar-refractivity contribution is -0.385. The molecule has 0 saturated heterocycles. The molecule has 0 unspecified atom stereocenters. The summed E-state index contributed by atoms with van der Waals surface area (Å²) in [5, 5.41) is 19.3. The summed E-state index contributed by atoms with van der Waals surface area (Å²) in [6.07, 6.45) is 2.48. The molecule has 176 valence electrons. The monoisotopic (exact) mass is 530 g/mol. The summed E-state index contributed by atoms with van der Waals surface area (Å²) < 4.78 is 12.6. The lowest BCUT2D eigenvalue weighted by Gasteiger charge is -2.09. The smallest absolute Gasteiger partial charge is 0.320 e. The first-order valence-electron chi connectivity index (χ1n) is 9.65. The largest absolute Gasteiger partial charge is 0.493 e. The van der Waals surface area contributed by atoms with Crippen LogP contribution in [-0.4, -0.2) is 46.4 Å². The van der Waals surface area contributed by atoms with Gasteiger partial charge in [0.25, 0.3) is 11.8 Å². The number of primary amides is 1. The van der Waals surface area contributed by atoms with E-state index < -0.39 is 22.4 Å². The topological polar surface area (TPSA) is 164 Å². The van der Waals surface area contributed by atoms with E-state index in [4.69, 9.17) is 15.2 Å². The van der Waals surface area contributed by atoms with Crippen LogP contribution in [0.2, 0.25) is 0 Å². The van der Waals surface area contributed by atoms with Gasteiger partial charge >= 0.3 is 5.69 Å². The highest BCUT2D eigenvalue weighted by Gasteiger charge is 2.25. The highest BCUT2D eigenvalue weighted by atomic mass is 79.9. The van der Waals surface area contributed by atoms with Gasteiger partial charge in [0.1, 0.15) is 6.20 Å². The lowest BCUT2D eigenvalue weighted by atomic mass is 10.2. The normalized spacial score (nSPS) is 10.8. The van der Waals surface area contributed by atoms with E-state index in [1.54, 1.807) is 12.1 Å². The van der Waals surface area contributed by atoms with Gasteiger partial charge in [-0.25, -0.2) is 5.43 Å². The molecule has 0 saturated carbocycles. The molecule has 0 atom stereocenters. The van der Waals surface area contributed by atoms with Gasteiger partial charge in [0.15, 0.2) is 18.1 Å². The van der Waals surface area contributed by atoms with Crippen LogP contribution in [0.15, 0.2) is 58.2 Å². The van der Waals surface area contributed by atoms with Crippen molar-refractivity contribution in [1.82, 2.24) is 15.2 Å². The highest BCUT2D eigenvalue weighted by molar-refractivity contribution is 9.10. The quantitative estimate of drug-likeness (QED) is 0.230. The molecule has 0 aliphatic heterocycles. The third kappa shape index (κ3) is 6.38. The molecule has 3 aromatic rings. The number of amides is 2. The Bertz CT molecular complexity index is 1260. The molecule has 0 aliphatic rings. The molecule has 0 fully saturated rings. The Morgan fingerprint density at radius 1 is 1.29 bits per heavy atom. The van der Waals surface area contributed by atoms with Crippen LogP contribution >= 0.6 is 15.9 Å². The number of rotatable bonds is 10. The first kappa shape index (κ1) is 24.4. The van der Waals surface area contributed by atoms with Crippen molar-refractivity contribution < 1.29 is 24.0 Å². The number of carbonyl (C=O) groups excluding carboxylic acids is 2. The SMILES string of the molecule is COc1ccc(C=NNC(=O)c2nn(Cc3cccc(Br)c3)cc2[N+](=O)[O-])cc1OCC(N)=O. The van der Waals surface area contributed by atoms with E-state index in [1.807, 2.05) is 24.3 Å². The zero-order valence-electron chi connectivity index (χ0n) is 17.8. The Morgan fingerprint density at radius 3 is 2.76 bits per heavy atom. The van der Waals surface area contributed by atoms with Gasteiger partial charge in [0, 0.05) is 4.47 Å². The Kier molecular flexibility index (Phi) is 7.92. The van der Waals surface area contributed by atoms with Crippen molar-refractivity contribution in [2.45, 2.75) is 6.54 Å². The average Bonchev–Trinajstić information content (AvgIpc) is 3.22. The van der Waals surface area contributed by atoms with Gasteiger partial charge in [-0.05, 0) is 41.5 Å². The molecule has 0 radical (unpaired) electrons. The fourth-order valence-corrected chi connectivity index (χ4v) is 3.31. The van der Waals surface area contributed by atoms with Crippen LogP contribution in [0.25, 0.3) is 0 Å². The first-order valence-corrected chi connectivity index (χ1v) is 10.4. The highest BCUT2D eigenvalue weighted by Crippen LogP contribution is 2.27. The van der Waals surface area contributed by atoms with Crippen molar-refractivity contribution in [2.75, 3.05) is 13.7 Å². The predicted molar refractivity (Wildman–Crippen MR) is 125 cm³/mol. The van der Waals surface area contributed by atoms with Crippen molar-refractivity contribution >= 4 is 39.6 Å². The van der Waals surface area contributed by atoms with Crippen molar-refractivity contribution in [3.63, 3.8) is 0 Å². The number of ether oxygens (including phenoxy) is 2. The number of carbonyl (C=O) groups is 2. The molecule has 1 heterocycles. The number of methoxy groups -OCH3 is 1. The Hall–Kier alpha value is -4.26. The molecule has 3 N–H and O–H groups in total. The Balaban J connectivity index is 1.74. The van der Waals surface area contributed by atoms with Gasteiger partial charge in [-0.3, -0.25) is 24.4 Å². The van der Waals surface area contributed by atoms with Crippen molar-refractivity contribution in [1.29, 1.82) is 0 Å². The van der Waals surface area contributed by atoms with Gasteiger partial charge in [0.2, 0.25) is 5.69 Å². The number of benzene rings is 2. The van der Waals surface area contributed by atoms with E-state index >= 15 is 0 Å². The number of nitrogens with two attached hydrogens (primary N) is 1. The van der Waals surface area contributed by atoms with Gasteiger partial charge in [0.05, 0.1) is 24.8 Å². The van der Waals surface area contributed by atoms with Crippen LogP contribution in [0.4, 0.5) is 5.69 Å². The summed E-state index contributed by atoms with van der Waals surface area (Å²) in [5.74, 6) is -0.892. The van der Waals surface area contributed by atoms with Gasteiger partial charge in [-0.15, -0.1) is 0 Å². The van der Waals surface area contributed by atoms with E-state index in [9.17, 15) is 19.7 Å². The third-order valence-electron chi connectivity index (χ3n) is 4.33. The number of hydrogen-bond donors (Lipinski definition) is 2. The first-order chi connectivity index (χ1) is 16.3. The molecule has 0 spiro atoms. The summed E-state index contributed by atoms with van der Waals surface area (Å²) in [4.78, 5) is 34.2. The van der Waals surface area contributed by atoms with Gasteiger partial charge in [-0.2, -0.15) is 10.2 Å². The summed E-state index contributed by atoms with van der Waals surface area (Å²) >= 11 is 3.36. The number of aromatic nitrogens is 2. The summed E-state index contributed by atoms with van der Waals surface area (Å²) in [5.41, 5.74) is 7.82. The summed E-state index contributed by atoms with van der Waals surface area (Å²) in [6, 6.07) is 12.1. The van der Waals surface area contributed by atoms with Crippen LogP contribution in [0.3, 0.4) is 0 Å². The maximum absolute atomic E-state index is 12.5. The molecule has 34 heavy (non-hydrogen) atoms. The van der Waals surface area contributed by atoms with E-state index in [0.717, 1.165) is 10.0 Å². The second kappa shape index (κ2) is 11.0. The van der Waals surface area contributed by atoms with Crippen molar-refractivity contribution in [2.24, 2.45) is 10.8 Å². The van der Waals surface area contributed by atoms with E-state index in [1.165, 1.54) is 30.3 Å².